The van der Waals surface area contributed by atoms with Crippen molar-refractivity contribution >= 4 is 24.2 Å². The van der Waals surface area contributed by atoms with Crippen molar-refractivity contribution in [3.63, 3.8) is 0 Å². The Morgan fingerprint density at radius 3 is 2.88 bits per heavy atom. The van der Waals surface area contributed by atoms with Crippen LogP contribution in [0.4, 0.5) is 0 Å². The number of rotatable bonds is 7. The second-order valence-electron chi connectivity index (χ2n) is 3.45. The maximum absolute atomic E-state index is 6.08. The van der Waals surface area contributed by atoms with E-state index in [1.54, 1.807) is 0 Å². The normalized spacial score (nSPS) is 10.4. The monoisotopic (exact) mass is 259 g/mol. The summed E-state index contributed by atoms with van der Waals surface area (Å²) in [5.41, 5.74) is 1.17. The van der Waals surface area contributed by atoms with E-state index in [-0.39, 0.29) is 0 Å². The third-order valence-electron chi connectivity index (χ3n) is 2.14. The van der Waals surface area contributed by atoms with Gasteiger partial charge in [-0.15, -0.1) is 0 Å². The molecule has 0 aliphatic carbocycles. The lowest BCUT2D eigenvalue weighted by Crippen LogP contribution is -2.14. The van der Waals surface area contributed by atoms with Gasteiger partial charge in [-0.25, -0.2) is 0 Å². The van der Waals surface area contributed by atoms with Crippen LogP contribution in [0.1, 0.15) is 18.9 Å². The maximum Gasteiger partial charge on any atom is 0.137 e. The zero-order chi connectivity index (χ0) is 11.8. The SMILES string of the molecule is CCOc1ccc(CNCCCS)cc1Cl. The van der Waals surface area contributed by atoms with Gasteiger partial charge in [0.15, 0.2) is 0 Å². The molecule has 1 aromatic rings. The summed E-state index contributed by atoms with van der Waals surface area (Å²) < 4.78 is 5.37. The molecule has 1 rings (SSSR count). The molecule has 0 saturated heterocycles. The van der Waals surface area contributed by atoms with Gasteiger partial charge in [0.1, 0.15) is 5.75 Å². The van der Waals surface area contributed by atoms with Gasteiger partial charge in [0.05, 0.1) is 11.6 Å². The van der Waals surface area contributed by atoms with Crippen molar-refractivity contribution in [3.05, 3.63) is 28.8 Å². The predicted molar refractivity (Wildman–Crippen MR) is 72.8 cm³/mol. The number of thiol groups is 1. The highest BCUT2D eigenvalue weighted by Gasteiger charge is 2.01. The van der Waals surface area contributed by atoms with Crippen molar-refractivity contribution in [2.45, 2.75) is 19.9 Å². The van der Waals surface area contributed by atoms with Gasteiger partial charge >= 0.3 is 0 Å². The second-order valence-corrected chi connectivity index (χ2v) is 4.31. The van der Waals surface area contributed by atoms with Crippen LogP contribution in [0, 0.1) is 0 Å². The first-order valence-corrected chi connectivity index (χ1v) is 6.51. The van der Waals surface area contributed by atoms with Crippen LogP contribution in [0.2, 0.25) is 5.02 Å². The van der Waals surface area contributed by atoms with Gasteiger partial charge in [0.25, 0.3) is 0 Å². The van der Waals surface area contributed by atoms with Crippen molar-refractivity contribution < 1.29 is 4.74 Å². The molecule has 0 aromatic heterocycles. The molecule has 0 aliphatic rings. The van der Waals surface area contributed by atoms with Gasteiger partial charge < -0.3 is 10.1 Å². The molecule has 1 N–H and O–H groups in total. The Labute approximate surface area is 108 Å². The van der Waals surface area contributed by atoms with Gasteiger partial charge in [0, 0.05) is 6.54 Å². The summed E-state index contributed by atoms with van der Waals surface area (Å²) in [5.74, 6) is 1.67. The molecule has 0 amide bonds. The molecule has 0 heterocycles. The van der Waals surface area contributed by atoms with Gasteiger partial charge in [-0.05, 0) is 43.3 Å². The standard InChI is InChI=1S/C12H18ClNOS/c1-2-15-12-5-4-10(8-11(12)13)9-14-6-3-7-16/h4-5,8,14,16H,2-3,6-7,9H2,1H3. The van der Waals surface area contributed by atoms with Crippen molar-refractivity contribution in [3.8, 4) is 5.75 Å². The number of hydrogen-bond acceptors (Lipinski definition) is 3. The molecule has 16 heavy (non-hydrogen) atoms. The van der Waals surface area contributed by atoms with E-state index >= 15 is 0 Å². The van der Waals surface area contributed by atoms with E-state index in [2.05, 4.69) is 17.9 Å². The summed E-state index contributed by atoms with van der Waals surface area (Å²) in [6.45, 7) is 4.40. The maximum atomic E-state index is 6.08. The number of nitrogens with one attached hydrogen (secondary N) is 1. The molecular weight excluding hydrogens is 242 g/mol. The second kappa shape index (κ2) is 7.82. The van der Waals surface area contributed by atoms with E-state index in [0.29, 0.717) is 11.6 Å². The molecule has 0 fully saturated rings. The van der Waals surface area contributed by atoms with Crippen LogP contribution in [-0.4, -0.2) is 18.9 Å². The fourth-order valence-corrected chi connectivity index (χ4v) is 1.78. The highest BCUT2D eigenvalue weighted by Crippen LogP contribution is 2.25. The fourth-order valence-electron chi connectivity index (χ4n) is 1.36. The minimum atomic E-state index is 0.638. The Balaban J connectivity index is 2.46. The minimum absolute atomic E-state index is 0.638. The van der Waals surface area contributed by atoms with Crippen molar-refractivity contribution in [2.24, 2.45) is 0 Å². The Hall–Kier alpha value is -0.380. The summed E-state index contributed by atoms with van der Waals surface area (Å²) in [6, 6.07) is 5.90. The highest BCUT2D eigenvalue weighted by molar-refractivity contribution is 7.80. The van der Waals surface area contributed by atoms with Crippen molar-refractivity contribution in [1.82, 2.24) is 5.32 Å². The third kappa shape index (κ3) is 4.64. The summed E-state index contributed by atoms with van der Waals surface area (Å²) in [5, 5.41) is 4.01. The van der Waals surface area contributed by atoms with E-state index in [9.17, 15) is 0 Å². The molecule has 0 radical (unpaired) electrons. The van der Waals surface area contributed by atoms with E-state index in [0.717, 1.165) is 31.0 Å². The fraction of sp³-hybridized carbons (Fsp3) is 0.500. The topological polar surface area (TPSA) is 21.3 Å². The van der Waals surface area contributed by atoms with Crippen molar-refractivity contribution in [2.75, 3.05) is 18.9 Å². The zero-order valence-electron chi connectivity index (χ0n) is 9.50. The number of hydrogen-bond donors (Lipinski definition) is 2. The van der Waals surface area contributed by atoms with E-state index in [1.165, 1.54) is 5.56 Å². The average Bonchev–Trinajstić information content (AvgIpc) is 2.28. The van der Waals surface area contributed by atoms with Crippen LogP contribution in [-0.2, 0) is 6.54 Å². The summed E-state index contributed by atoms with van der Waals surface area (Å²) >= 11 is 10.2. The number of halogens is 1. The lowest BCUT2D eigenvalue weighted by Gasteiger charge is -2.08. The summed E-state index contributed by atoms with van der Waals surface area (Å²) in [4.78, 5) is 0. The van der Waals surface area contributed by atoms with Crippen molar-refractivity contribution in [1.29, 1.82) is 0 Å². The third-order valence-corrected chi connectivity index (χ3v) is 2.75. The highest BCUT2D eigenvalue weighted by atomic mass is 35.5. The van der Waals surface area contributed by atoms with Gasteiger partial charge in [-0.3, -0.25) is 0 Å². The molecule has 0 unspecified atom stereocenters. The zero-order valence-corrected chi connectivity index (χ0v) is 11.2. The molecule has 90 valence electrons. The Kier molecular flexibility index (Phi) is 6.69. The molecule has 0 bridgehead atoms. The van der Waals surface area contributed by atoms with Gasteiger partial charge in [-0.2, -0.15) is 12.6 Å². The molecule has 0 aliphatic heterocycles. The quantitative estimate of drug-likeness (QED) is 0.580. The molecular formula is C12H18ClNOS. The van der Waals surface area contributed by atoms with Crippen LogP contribution in [0.5, 0.6) is 5.75 Å². The van der Waals surface area contributed by atoms with E-state index < -0.39 is 0 Å². The van der Waals surface area contributed by atoms with Crippen LogP contribution >= 0.6 is 24.2 Å². The first-order valence-electron chi connectivity index (χ1n) is 5.50. The van der Waals surface area contributed by atoms with Crippen LogP contribution in [0.25, 0.3) is 0 Å². The van der Waals surface area contributed by atoms with Crippen LogP contribution in [0.15, 0.2) is 18.2 Å². The van der Waals surface area contributed by atoms with Gasteiger partial charge in [0.2, 0.25) is 0 Å². The minimum Gasteiger partial charge on any atom is -0.492 e. The van der Waals surface area contributed by atoms with Crippen LogP contribution < -0.4 is 10.1 Å². The molecule has 4 heteroatoms. The molecule has 2 nitrogen and oxygen atoms in total. The smallest absolute Gasteiger partial charge is 0.137 e. The number of ether oxygens (including phenoxy) is 1. The summed E-state index contributed by atoms with van der Waals surface area (Å²) in [7, 11) is 0. The van der Waals surface area contributed by atoms with E-state index in [4.69, 9.17) is 16.3 Å². The number of benzene rings is 1. The van der Waals surface area contributed by atoms with Crippen LogP contribution in [0.3, 0.4) is 0 Å². The molecule has 0 atom stereocenters. The lowest BCUT2D eigenvalue weighted by molar-refractivity contribution is 0.340. The average molecular weight is 260 g/mol. The predicted octanol–water partition coefficient (Wildman–Crippen LogP) is 3.15. The van der Waals surface area contributed by atoms with E-state index in [1.807, 2.05) is 25.1 Å². The molecule has 0 saturated carbocycles. The first kappa shape index (κ1) is 13.7. The molecule has 1 aromatic carbocycles. The Bertz CT molecular complexity index is 320. The van der Waals surface area contributed by atoms with Gasteiger partial charge in [-0.1, -0.05) is 17.7 Å². The summed E-state index contributed by atoms with van der Waals surface area (Å²) in [6.07, 6.45) is 1.08. The lowest BCUT2D eigenvalue weighted by atomic mass is 10.2. The Morgan fingerprint density at radius 1 is 1.44 bits per heavy atom. The first-order chi connectivity index (χ1) is 7.77. The largest absolute Gasteiger partial charge is 0.492 e. The molecule has 0 spiro atoms. The Morgan fingerprint density at radius 2 is 2.25 bits per heavy atom.